The Bertz CT molecular complexity index is 4350. The molecule has 12 rings (SSSR count). The second kappa shape index (κ2) is 16.3. The normalized spacial score (nSPS) is 15.5. The van der Waals surface area contributed by atoms with Gasteiger partial charge in [0.2, 0.25) is 0 Å². The van der Waals surface area contributed by atoms with E-state index in [1.165, 1.54) is 17.7 Å². The zero-order chi connectivity index (χ0) is 56.5. The predicted octanol–water partition coefficient (Wildman–Crippen LogP) is 17.0. The standard InChI is InChI=1S/C64H58N6O/c1-62(2,3)41-28-31-65-57(36-41)70-54-25-13-12-19-48(54)49-27-26-46(38-56(49)70)71-45-18-14-17-44(37-45)68-39-69-60-47(40-33-42(63(4,5)6)35-43(34-40)64(7,8)9)22-15-23-53(60)52-24-16-30-66-58(52)50-20-10-11-21-51(50)59-61(69)55(68)29-32-67-59/h10-38H,39H2,1-9H3/i4D3,5D3,6D3. The van der Waals surface area contributed by atoms with E-state index < -0.39 is 31.4 Å². The molecule has 11 aromatic rings. The number of pyridine rings is 3. The van der Waals surface area contributed by atoms with Crippen molar-refractivity contribution in [3.63, 3.8) is 0 Å². The molecule has 6 aromatic carbocycles. The first-order valence-corrected chi connectivity index (χ1v) is 24.0. The van der Waals surface area contributed by atoms with Crippen LogP contribution >= 0.6 is 0 Å². The molecule has 0 saturated heterocycles. The summed E-state index contributed by atoms with van der Waals surface area (Å²) in [7, 11) is 0. The van der Waals surface area contributed by atoms with Crippen LogP contribution in [0.1, 0.15) is 91.1 Å². The first kappa shape index (κ1) is 35.1. The molecule has 0 fully saturated rings. The highest BCUT2D eigenvalue weighted by atomic mass is 16.5. The Morgan fingerprint density at radius 3 is 1.92 bits per heavy atom. The largest absolute Gasteiger partial charge is 0.457 e. The highest BCUT2D eigenvalue weighted by molar-refractivity contribution is 6.20. The van der Waals surface area contributed by atoms with Crippen molar-refractivity contribution < 1.29 is 17.1 Å². The third kappa shape index (κ3) is 7.54. The Labute approximate surface area is 428 Å². The van der Waals surface area contributed by atoms with Crippen LogP contribution in [0.2, 0.25) is 0 Å². The summed E-state index contributed by atoms with van der Waals surface area (Å²) in [6, 6.07) is 51.4. The van der Waals surface area contributed by atoms with Crippen molar-refractivity contribution in [2.24, 2.45) is 0 Å². The highest BCUT2D eigenvalue weighted by Crippen LogP contribution is 2.45. The lowest BCUT2D eigenvalue weighted by Crippen LogP contribution is -2.17. The van der Waals surface area contributed by atoms with E-state index in [1.54, 1.807) is 6.20 Å². The first-order chi connectivity index (χ1) is 37.8. The third-order valence-corrected chi connectivity index (χ3v) is 14.0. The van der Waals surface area contributed by atoms with Crippen molar-refractivity contribution in [1.29, 1.82) is 0 Å². The second-order valence-corrected chi connectivity index (χ2v) is 20.8. The molecule has 1 aliphatic heterocycles. The number of hydrogen-bond acceptors (Lipinski definition) is 5. The second-order valence-electron chi connectivity index (χ2n) is 20.8. The molecule has 1 aliphatic rings. The summed E-state index contributed by atoms with van der Waals surface area (Å²) < 4.78 is 90.3. The molecule has 71 heavy (non-hydrogen) atoms. The van der Waals surface area contributed by atoms with E-state index in [0.29, 0.717) is 44.7 Å². The van der Waals surface area contributed by atoms with E-state index in [2.05, 4.69) is 77.3 Å². The minimum absolute atomic E-state index is 0.0835. The number of nitrogens with zero attached hydrogens (tertiary/aromatic N) is 6. The van der Waals surface area contributed by atoms with Gasteiger partial charge in [0.1, 0.15) is 24.0 Å². The Morgan fingerprint density at radius 2 is 1.13 bits per heavy atom. The van der Waals surface area contributed by atoms with E-state index in [4.69, 9.17) is 32.0 Å². The number of ether oxygens (including phenoxy) is 1. The summed E-state index contributed by atoms with van der Waals surface area (Å²) in [6.07, 6.45) is 5.45. The van der Waals surface area contributed by atoms with Gasteiger partial charge >= 0.3 is 0 Å². The molecular weight excluding hydrogens is 869 g/mol. The molecule has 350 valence electrons. The van der Waals surface area contributed by atoms with Gasteiger partial charge in [-0.2, -0.15) is 0 Å². The molecule has 5 aromatic heterocycles. The molecule has 0 radical (unpaired) electrons. The molecular formula is C64H58N6O. The first-order valence-electron chi connectivity index (χ1n) is 28.5. The van der Waals surface area contributed by atoms with Gasteiger partial charge in [0.25, 0.3) is 0 Å². The molecule has 0 amide bonds. The summed E-state index contributed by atoms with van der Waals surface area (Å²) >= 11 is 0. The van der Waals surface area contributed by atoms with Gasteiger partial charge in [-0.3, -0.25) is 14.5 Å². The van der Waals surface area contributed by atoms with Crippen molar-refractivity contribution in [2.45, 2.75) is 85.0 Å². The molecule has 0 spiro atoms. The molecule has 0 N–H and O–H groups in total. The Kier molecular flexibility index (Phi) is 8.05. The van der Waals surface area contributed by atoms with Gasteiger partial charge in [0, 0.05) is 86.6 Å². The number of rotatable bonds is 5. The average molecular weight is 936 g/mol. The fourth-order valence-corrected chi connectivity index (χ4v) is 10.4. The van der Waals surface area contributed by atoms with E-state index in [-0.39, 0.29) is 17.6 Å². The maximum atomic E-state index is 8.78. The van der Waals surface area contributed by atoms with Crippen LogP contribution in [0.5, 0.6) is 11.5 Å². The molecule has 7 nitrogen and oxygen atoms in total. The summed E-state index contributed by atoms with van der Waals surface area (Å²) in [5.41, 5.74) is 5.01. The number of hydrogen-bond donors (Lipinski definition) is 0. The van der Waals surface area contributed by atoms with Crippen LogP contribution in [0.15, 0.2) is 176 Å². The maximum absolute atomic E-state index is 8.78. The van der Waals surface area contributed by atoms with Crippen LogP contribution < -0.4 is 9.64 Å². The van der Waals surface area contributed by atoms with Gasteiger partial charge in [-0.25, -0.2) is 4.98 Å². The molecule has 0 aliphatic carbocycles. The van der Waals surface area contributed by atoms with Gasteiger partial charge in [-0.1, -0.05) is 153 Å². The third-order valence-electron chi connectivity index (χ3n) is 14.0. The average Bonchev–Trinajstić information content (AvgIpc) is 3.97. The topological polar surface area (TPSA) is 61.0 Å². The number of fused-ring (bicyclic) bond motifs is 10. The maximum Gasteiger partial charge on any atom is 0.137 e. The minimum Gasteiger partial charge on any atom is -0.457 e. The van der Waals surface area contributed by atoms with E-state index in [9.17, 15) is 0 Å². The van der Waals surface area contributed by atoms with Crippen LogP contribution in [0, 0.1) is 0 Å². The molecule has 0 saturated carbocycles. The lowest BCUT2D eigenvalue weighted by molar-refractivity contribution is 0.483. The zero-order valence-corrected chi connectivity index (χ0v) is 40.5. The SMILES string of the molecule is [2H]C([2H])([2H])C(c1cc(-c2cccc3c4cccnc4c4ccccc4c4nccc5c4n(c23)CN5c2cccc(Oc3ccc4c5ccccc5n(-c5cc(C(C)(C)C)ccn5)c4c3)c2)cc(C(C)(C)C)c1)(C([2H])([2H])[2H])C([2H])([2H])[2H]. The van der Waals surface area contributed by atoms with Gasteiger partial charge in [0.15, 0.2) is 0 Å². The molecule has 7 heteroatoms. The summed E-state index contributed by atoms with van der Waals surface area (Å²) in [6.45, 7) is 2.21. The predicted molar refractivity (Wildman–Crippen MR) is 296 cm³/mol. The van der Waals surface area contributed by atoms with Crippen molar-refractivity contribution in [3.05, 3.63) is 193 Å². The molecule has 0 atom stereocenters. The lowest BCUT2D eigenvalue weighted by atomic mass is 9.78. The number of aromatic nitrogens is 5. The van der Waals surface area contributed by atoms with Crippen LogP contribution in [-0.4, -0.2) is 24.1 Å². The Morgan fingerprint density at radius 1 is 0.479 bits per heavy atom. The molecule has 6 heterocycles. The van der Waals surface area contributed by atoms with Crippen LogP contribution in [0.3, 0.4) is 0 Å². The monoisotopic (exact) mass is 936 g/mol. The van der Waals surface area contributed by atoms with Crippen molar-refractivity contribution >= 4 is 76.8 Å². The quantitative estimate of drug-likeness (QED) is 0.172. The van der Waals surface area contributed by atoms with E-state index in [1.807, 2.05) is 136 Å². The van der Waals surface area contributed by atoms with Gasteiger partial charge in [-0.05, 0) is 93.1 Å². The summed E-state index contributed by atoms with van der Waals surface area (Å²) in [5, 5.41) is 5.48. The van der Waals surface area contributed by atoms with Crippen LogP contribution in [0.25, 0.3) is 82.4 Å². The van der Waals surface area contributed by atoms with E-state index >= 15 is 0 Å². The van der Waals surface area contributed by atoms with Crippen molar-refractivity contribution in [1.82, 2.24) is 24.1 Å². The number of benzene rings is 6. The van der Waals surface area contributed by atoms with Crippen LogP contribution in [0.4, 0.5) is 11.4 Å². The fourth-order valence-electron chi connectivity index (χ4n) is 10.4. The van der Waals surface area contributed by atoms with Crippen LogP contribution in [-0.2, 0) is 22.9 Å². The van der Waals surface area contributed by atoms with E-state index in [0.717, 1.165) is 66.1 Å². The highest BCUT2D eigenvalue weighted by Gasteiger charge is 2.28. The molecule has 0 unspecified atom stereocenters. The smallest absolute Gasteiger partial charge is 0.137 e. The zero-order valence-electron chi connectivity index (χ0n) is 49.5. The van der Waals surface area contributed by atoms with Crippen molar-refractivity contribution in [2.75, 3.05) is 4.90 Å². The van der Waals surface area contributed by atoms with Gasteiger partial charge < -0.3 is 14.2 Å². The Hall–Kier alpha value is -8.03. The lowest BCUT2D eigenvalue weighted by Gasteiger charge is -2.27. The minimum atomic E-state index is -3.48. The summed E-state index contributed by atoms with van der Waals surface area (Å²) in [4.78, 5) is 17.3. The molecule has 0 bridgehead atoms. The van der Waals surface area contributed by atoms with Gasteiger partial charge in [0.05, 0.1) is 38.8 Å². The Balaban J connectivity index is 1.08. The number of para-hydroxylation sites is 2. The fraction of sp³-hybridized carbons (Fsp3) is 0.203. The summed E-state index contributed by atoms with van der Waals surface area (Å²) in [5.74, 6) is 2.06. The number of anilines is 2. The van der Waals surface area contributed by atoms with Gasteiger partial charge in [-0.15, -0.1) is 0 Å². The van der Waals surface area contributed by atoms with Crippen molar-refractivity contribution in [3.8, 4) is 28.4 Å².